The van der Waals surface area contributed by atoms with Gasteiger partial charge in [0.25, 0.3) is 10.1 Å². The lowest BCUT2D eigenvalue weighted by atomic mass is 9.48. The van der Waals surface area contributed by atoms with Gasteiger partial charge in [-0.15, -0.1) is 0 Å². The van der Waals surface area contributed by atoms with E-state index in [9.17, 15) is 13.2 Å². The SMILES string of the molecule is C=C(C)C(=O)OC12CC3CC(CC(COS(C)(=O)=O)(C3)C1)C2. The van der Waals surface area contributed by atoms with Gasteiger partial charge in [-0.3, -0.25) is 4.18 Å². The molecule has 2 atom stereocenters. The Labute approximate surface area is 132 Å². The maximum absolute atomic E-state index is 12.0. The Kier molecular flexibility index (Phi) is 3.68. The fourth-order valence-electron chi connectivity index (χ4n) is 5.17. The molecule has 0 heterocycles. The Balaban J connectivity index is 1.80. The molecule has 22 heavy (non-hydrogen) atoms. The van der Waals surface area contributed by atoms with Gasteiger partial charge in [0.2, 0.25) is 0 Å². The molecule has 2 unspecified atom stereocenters. The van der Waals surface area contributed by atoms with Gasteiger partial charge >= 0.3 is 5.97 Å². The van der Waals surface area contributed by atoms with Crippen molar-refractivity contribution in [3.63, 3.8) is 0 Å². The molecule has 4 fully saturated rings. The van der Waals surface area contributed by atoms with Gasteiger partial charge in [0, 0.05) is 5.57 Å². The van der Waals surface area contributed by atoms with Crippen LogP contribution < -0.4 is 0 Å². The summed E-state index contributed by atoms with van der Waals surface area (Å²) in [4.78, 5) is 12.0. The van der Waals surface area contributed by atoms with E-state index in [4.69, 9.17) is 8.92 Å². The Morgan fingerprint density at radius 3 is 2.32 bits per heavy atom. The fourth-order valence-corrected chi connectivity index (χ4v) is 5.63. The third kappa shape index (κ3) is 3.08. The van der Waals surface area contributed by atoms with E-state index in [1.54, 1.807) is 6.92 Å². The van der Waals surface area contributed by atoms with Crippen molar-refractivity contribution in [2.75, 3.05) is 12.9 Å². The highest BCUT2D eigenvalue weighted by Gasteiger charge is 2.59. The number of rotatable bonds is 5. The van der Waals surface area contributed by atoms with E-state index in [-0.39, 0.29) is 18.0 Å². The van der Waals surface area contributed by atoms with Crippen LogP contribution in [-0.4, -0.2) is 32.9 Å². The lowest BCUT2D eigenvalue weighted by Gasteiger charge is -2.60. The Morgan fingerprint density at radius 1 is 1.23 bits per heavy atom. The topological polar surface area (TPSA) is 69.7 Å². The summed E-state index contributed by atoms with van der Waals surface area (Å²) in [5, 5.41) is 0. The first-order valence-corrected chi connectivity index (χ1v) is 9.65. The molecule has 0 aromatic rings. The lowest BCUT2D eigenvalue weighted by molar-refractivity contribution is -0.202. The number of esters is 1. The molecule has 6 heteroatoms. The van der Waals surface area contributed by atoms with Gasteiger partial charge in [0.15, 0.2) is 0 Å². The summed E-state index contributed by atoms with van der Waals surface area (Å²) in [6, 6.07) is 0. The van der Waals surface area contributed by atoms with E-state index >= 15 is 0 Å². The van der Waals surface area contributed by atoms with Gasteiger partial charge in [-0.05, 0) is 62.7 Å². The molecule has 4 bridgehead atoms. The fraction of sp³-hybridized carbons (Fsp3) is 0.812. The highest BCUT2D eigenvalue weighted by atomic mass is 32.2. The normalized spacial score (nSPS) is 39.7. The summed E-state index contributed by atoms with van der Waals surface area (Å²) in [5.41, 5.74) is -0.194. The van der Waals surface area contributed by atoms with E-state index in [1.165, 1.54) is 0 Å². The van der Waals surface area contributed by atoms with Crippen LogP contribution in [0.1, 0.15) is 45.4 Å². The summed E-state index contributed by atoms with van der Waals surface area (Å²) in [6.07, 6.45) is 6.70. The van der Waals surface area contributed by atoms with Crippen molar-refractivity contribution in [3.8, 4) is 0 Å². The highest BCUT2D eigenvalue weighted by Crippen LogP contribution is 2.63. The second-order valence-corrected chi connectivity index (χ2v) is 9.42. The van der Waals surface area contributed by atoms with Crippen LogP contribution in [0, 0.1) is 17.3 Å². The predicted octanol–water partition coefficient (Wildman–Crippen LogP) is 2.42. The van der Waals surface area contributed by atoms with Crippen molar-refractivity contribution in [2.45, 2.75) is 51.0 Å². The van der Waals surface area contributed by atoms with E-state index in [0.717, 1.165) is 38.4 Å². The van der Waals surface area contributed by atoms with Crippen molar-refractivity contribution in [3.05, 3.63) is 12.2 Å². The zero-order chi connectivity index (χ0) is 16.2. The molecular formula is C16H24O5S. The molecule has 0 N–H and O–H groups in total. The number of carbonyl (C=O) groups is 1. The van der Waals surface area contributed by atoms with Gasteiger partial charge < -0.3 is 4.74 Å². The zero-order valence-electron chi connectivity index (χ0n) is 13.3. The van der Waals surface area contributed by atoms with E-state index in [0.29, 0.717) is 23.8 Å². The monoisotopic (exact) mass is 328 g/mol. The molecule has 4 rings (SSSR count). The van der Waals surface area contributed by atoms with Crippen molar-refractivity contribution < 1.29 is 22.1 Å². The Hall–Kier alpha value is -0.880. The van der Waals surface area contributed by atoms with E-state index in [1.807, 2.05) is 0 Å². The molecule has 4 aliphatic carbocycles. The average molecular weight is 328 g/mol. The summed E-state index contributed by atoms with van der Waals surface area (Å²) < 4.78 is 33.7. The maximum Gasteiger partial charge on any atom is 0.333 e. The zero-order valence-corrected chi connectivity index (χ0v) is 14.1. The molecule has 0 aromatic carbocycles. The van der Waals surface area contributed by atoms with Crippen LogP contribution in [0.15, 0.2) is 12.2 Å². The van der Waals surface area contributed by atoms with Crippen LogP contribution in [0.3, 0.4) is 0 Å². The Morgan fingerprint density at radius 2 is 1.82 bits per heavy atom. The van der Waals surface area contributed by atoms with Crippen LogP contribution in [-0.2, 0) is 23.8 Å². The summed E-state index contributed by atoms with van der Waals surface area (Å²) in [6.45, 7) is 5.53. The number of hydrogen-bond acceptors (Lipinski definition) is 5. The van der Waals surface area contributed by atoms with Gasteiger partial charge in [0.05, 0.1) is 12.9 Å². The van der Waals surface area contributed by atoms with Crippen LogP contribution in [0.25, 0.3) is 0 Å². The quantitative estimate of drug-likeness (QED) is 0.440. The van der Waals surface area contributed by atoms with Crippen LogP contribution in [0.4, 0.5) is 0 Å². The third-order valence-corrected chi connectivity index (χ3v) is 5.91. The third-order valence-electron chi connectivity index (χ3n) is 5.37. The minimum Gasteiger partial charge on any atom is -0.456 e. The standard InChI is InChI=1S/C16H24O5S/c1-11(2)14(17)21-16-7-12-4-13(8-16)6-15(5-12,9-16)10-20-22(3,18)19/h12-13H,1,4-10H2,2-3H3. The Bertz CT molecular complexity index is 592. The van der Waals surface area contributed by atoms with E-state index < -0.39 is 15.7 Å². The molecule has 0 aromatic heterocycles. The first-order chi connectivity index (χ1) is 10.1. The van der Waals surface area contributed by atoms with E-state index in [2.05, 4.69) is 6.58 Å². The minimum absolute atomic E-state index is 0.164. The van der Waals surface area contributed by atoms with Gasteiger partial charge in [0.1, 0.15) is 5.60 Å². The van der Waals surface area contributed by atoms with Crippen molar-refractivity contribution in [1.82, 2.24) is 0 Å². The number of hydrogen-bond donors (Lipinski definition) is 0. The first-order valence-electron chi connectivity index (χ1n) is 7.84. The molecule has 0 radical (unpaired) electrons. The first kappa shape index (κ1) is 16.0. The highest BCUT2D eigenvalue weighted by molar-refractivity contribution is 7.85. The molecule has 0 saturated heterocycles. The van der Waals surface area contributed by atoms with Crippen LogP contribution >= 0.6 is 0 Å². The molecule has 0 amide bonds. The van der Waals surface area contributed by atoms with Crippen LogP contribution in [0.2, 0.25) is 0 Å². The number of ether oxygens (including phenoxy) is 1. The van der Waals surface area contributed by atoms with Gasteiger partial charge in [-0.25, -0.2) is 4.79 Å². The second kappa shape index (κ2) is 5.06. The van der Waals surface area contributed by atoms with Gasteiger partial charge in [-0.1, -0.05) is 6.58 Å². The molecule has 0 aliphatic heterocycles. The van der Waals surface area contributed by atoms with Crippen molar-refractivity contribution >= 4 is 16.1 Å². The molecule has 0 spiro atoms. The second-order valence-electron chi connectivity index (χ2n) is 7.78. The van der Waals surface area contributed by atoms with Crippen LogP contribution in [0.5, 0.6) is 0 Å². The maximum atomic E-state index is 12.0. The molecule has 4 saturated carbocycles. The summed E-state index contributed by atoms with van der Waals surface area (Å²) in [5.74, 6) is 0.672. The average Bonchev–Trinajstić information content (AvgIpc) is 2.33. The smallest absolute Gasteiger partial charge is 0.333 e. The van der Waals surface area contributed by atoms with Crippen molar-refractivity contribution in [1.29, 1.82) is 0 Å². The largest absolute Gasteiger partial charge is 0.456 e. The van der Waals surface area contributed by atoms with Crippen molar-refractivity contribution in [2.24, 2.45) is 17.3 Å². The summed E-state index contributed by atoms with van der Waals surface area (Å²) in [7, 11) is -3.45. The molecule has 124 valence electrons. The lowest BCUT2D eigenvalue weighted by Crippen LogP contribution is -2.58. The minimum atomic E-state index is -3.45. The predicted molar refractivity (Wildman–Crippen MR) is 81.5 cm³/mol. The van der Waals surface area contributed by atoms with Gasteiger partial charge in [-0.2, -0.15) is 8.42 Å². The number of carbonyl (C=O) groups excluding carboxylic acids is 1. The molecular weight excluding hydrogens is 304 g/mol. The molecule has 4 aliphatic rings. The summed E-state index contributed by atoms with van der Waals surface area (Å²) >= 11 is 0. The molecule has 5 nitrogen and oxygen atoms in total.